The van der Waals surface area contributed by atoms with Gasteiger partial charge in [-0.05, 0) is 25.5 Å². The molecule has 1 unspecified atom stereocenters. The van der Waals surface area contributed by atoms with Crippen LogP contribution in [0.1, 0.15) is 31.7 Å². The normalized spacial score (nSPS) is 14.0. The summed E-state index contributed by atoms with van der Waals surface area (Å²) >= 11 is 1.63. The monoisotopic (exact) mass is 306 g/mol. The van der Waals surface area contributed by atoms with Crippen LogP contribution in [0.5, 0.6) is 0 Å². The number of fused-ring (bicyclic) bond motifs is 1. The van der Waals surface area contributed by atoms with E-state index in [0.717, 1.165) is 28.1 Å². The summed E-state index contributed by atoms with van der Waals surface area (Å²) in [6.45, 7) is 4.55. The molecular formula is C16H22N2O2S. The number of esters is 1. The number of hydrogen-bond donors (Lipinski definition) is 1. The van der Waals surface area contributed by atoms with Crippen LogP contribution in [0.3, 0.4) is 0 Å². The maximum absolute atomic E-state index is 12.4. The molecule has 0 saturated heterocycles. The number of hydrogen-bond acceptors (Lipinski definition) is 5. The fourth-order valence-electron chi connectivity index (χ4n) is 2.57. The lowest BCUT2D eigenvalue weighted by atomic mass is 9.80. The van der Waals surface area contributed by atoms with Gasteiger partial charge >= 0.3 is 5.97 Å². The third-order valence-corrected chi connectivity index (χ3v) is 4.69. The lowest BCUT2D eigenvalue weighted by molar-refractivity contribution is -0.155. The minimum absolute atomic E-state index is 0.200. The van der Waals surface area contributed by atoms with Crippen molar-refractivity contribution in [3.05, 3.63) is 29.3 Å². The van der Waals surface area contributed by atoms with Crippen molar-refractivity contribution in [2.75, 3.05) is 13.2 Å². The molecule has 1 aromatic heterocycles. The van der Waals surface area contributed by atoms with Gasteiger partial charge in [-0.3, -0.25) is 4.79 Å². The highest BCUT2D eigenvalue weighted by Gasteiger charge is 2.38. The second-order valence-electron chi connectivity index (χ2n) is 5.21. The average molecular weight is 306 g/mol. The smallest absolute Gasteiger partial charge is 0.313 e. The third kappa shape index (κ3) is 3.41. The van der Waals surface area contributed by atoms with E-state index in [4.69, 9.17) is 10.5 Å². The third-order valence-electron chi connectivity index (χ3n) is 3.66. The number of thiazole rings is 1. The van der Waals surface area contributed by atoms with Gasteiger partial charge in [0.2, 0.25) is 0 Å². The Morgan fingerprint density at radius 3 is 2.76 bits per heavy atom. The van der Waals surface area contributed by atoms with Gasteiger partial charge in [-0.1, -0.05) is 25.5 Å². The highest BCUT2D eigenvalue weighted by molar-refractivity contribution is 7.18. The van der Waals surface area contributed by atoms with Gasteiger partial charge in [-0.2, -0.15) is 0 Å². The van der Waals surface area contributed by atoms with E-state index in [1.165, 1.54) is 0 Å². The summed E-state index contributed by atoms with van der Waals surface area (Å²) in [7, 11) is 0. The lowest BCUT2D eigenvalue weighted by Gasteiger charge is -2.28. The summed E-state index contributed by atoms with van der Waals surface area (Å²) < 4.78 is 6.39. The first-order chi connectivity index (χ1) is 10.1. The minimum Gasteiger partial charge on any atom is -0.466 e. The number of aromatic nitrogens is 1. The minimum atomic E-state index is -0.654. The molecule has 0 bridgehead atoms. The molecule has 0 aliphatic heterocycles. The molecule has 0 aliphatic rings. The van der Waals surface area contributed by atoms with Crippen LogP contribution in [0, 0.1) is 5.41 Å². The molecule has 1 atom stereocenters. The number of carbonyl (C=O) groups excluding carboxylic acids is 1. The molecule has 0 saturated carbocycles. The second-order valence-corrected chi connectivity index (χ2v) is 6.32. The van der Waals surface area contributed by atoms with Gasteiger partial charge in [-0.15, -0.1) is 11.3 Å². The van der Waals surface area contributed by atoms with E-state index in [-0.39, 0.29) is 12.5 Å². The van der Waals surface area contributed by atoms with Crippen molar-refractivity contribution >= 4 is 27.5 Å². The average Bonchev–Trinajstić information content (AvgIpc) is 2.89. The van der Waals surface area contributed by atoms with Gasteiger partial charge in [0, 0.05) is 13.0 Å². The topological polar surface area (TPSA) is 65.2 Å². The predicted molar refractivity (Wildman–Crippen MR) is 86.4 cm³/mol. The number of para-hydroxylation sites is 1. The Bertz CT molecular complexity index is 578. The van der Waals surface area contributed by atoms with Gasteiger partial charge in [-0.25, -0.2) is 4.98 Å². The van der Waals surface area contributed by atoms with Crippen LogP contribution in [-0.2, 0) is 16.0 Å². The van der Waals surface area contributed by atoms with Gasteiger partial charge in [0.1, 0.15) is 0 Å². The summed E-state index contributed by atoms with van der Waals surface area (Å²) in [6.07, 6.45) is 2.16. The number of nitrogens with two attached hydrogens (primary N) is 1. The van der Waals surface area contributed by atoms with Crippen LogP contribution in [0.25, 0.3) is 10.2 Å². The lowest BCUT2D eigenvalue weighted by Crippen LogP contribution is -2.42. The molecule has 1 aromatic carbocycles. The van der Waals surface area contributed by atoms with Crippen molar-refractivity contribution in [2.24, 2.45) is 11.1 Å². The summed E-state index contributed by atoms with van der Waals surface area (Å²) in [6, 6.07) is 8.01. The van der Waals surface area contributed by atoms with Crippen molar-refractivity contribution in [1.82, 2.24) is 4.98 Å². The van der Waals surface area contributed by atoms with Crippen LogP contribution in [0.4, 0.5) is 0 Å². The van der Waals surface area contributed by atoms with Crippen molar-refractivity contribution in [2.45, 2.75) is 33.1 Å². The fraction of sp³-hybridized carbons (Fsp3) is 0.500. The molecule has 0 spiro atoms. The molecule has 0 radical (unpaired) electrons. The number of ether oxygens (including phenoxy) is 1. The maximum Gasteiger partial charge on any atom is 0.313 e. The summed E-state index contributed by atoms with van der Waals surface area (Å²) in [5.41, 5.74) is 6.26. The van der Waals surface area contributed by atoms with Crippen LogP contribution in [0.15, 0.2) is 24.3 Å². The van der Waals surface area contributed by atoms with E-state index in [9.17, 15) is 4.79 Å². The Hall–Kier alpha value is -1.46. The quantitative estimate of drug-likeness (QED) is 0.798. The fourth-order valence-corrected chi connectivity index (χ4v) is 3.68. The second kappa shape index (κ2) is 7.00. The van der Waals surface area contributed by atoms with Crippen LogP contribution >= 0.6 is 11.3 Å². The van der Waals surface area contributed by atoms with E-state index in [1.807, 2.05) is 31.2 Å². The predicted octanol–water partition coefficient (Wildman–Crippen LogP) is 3.15. The Kier molecular flexibility index (Phi) is 5.31. The maximum atomic E-state index is 12.4. The van der Waals surface area contributed by atoms with Crippen molar-refractivity contribution in [1.29, 1.82) is 0 Å². The van der Waals surface area contributed by atoms with Gasteiger partial charge in [0.25, 0.3) is 0 Å². The Labute approximate surface area is 129 Å². The van der Waals surface area contributed by atoms with E-state index >= 15 is 0 Å². The molecule has 0 aliphatic carbocycles. The molecule has 114 valence electrons. The highest BCUT2D eigenvalue weighted by Crippen LogP contribution is 2.33. The number of benzene rings is 1. The molecule has 21 heavy (non-hydrogen) atoms. The van der Waals surface area contributed by atoms with E-state index in [1.54, 1.807) is 11.3 Å². The van der Waals surface area contributed by atoms with Crippen LogP contribution < -0.4 is 5.73 Å². The van der Waals surface area contributed by atoms with E-state index in [0.29, 0.717) is 13.0 Å². The first-order valence-electron chi connectivity index (χ1n) is 7.37. The molecule has 5 heteroatoms. The Balaban J connectivity index is 2.30. The zero-order valence-corrected chi connectivity index (χ0v) is 13.4. The van der Waals surface area contributed by atoms with Crippen molar-refractivity contribution in [3.63, 3.8) is 0 Å². The first kappa shape index (κ1) is 15.9. The van der Waals surface area contributed by atoms with Gasteiger partial charge < -0.3 is 10.5 Å². The summed E-state index contributed by atoms with van der Waals surface area (Å²) in [5, 5.41) is 0.947. The molecule has 2 N–H and O–H groups in total. The highest BCUT2D eigenvalue weighted by atomic mass is 32.1. The number of rotatable bonds is 7. The van der Waals surface area contributed by atoms with Gasteiger partial charge in [0.05, 0.1) is 27.2 Å². The molecule has 0 fully saturated rings. The van der Waals surface area contributed by atoms with E-state index < -0.39 is 5.41 Å². The SMILES string of the molecule is CCCC(CN)(Cc1nc2ccccc2s1)C(=O)OCC. The Morgan fingerprint density at radius 1 is 1.38 bits per heavy atom. The summed E-state index contributed by atoms with van der Waals surface area (Å²) in [4.78, 5) is 17.0. The molecule has 2 rings (SSSR count). The molecule has 0 amide bonds. The standard InChI is InChI=1S/C16H22N2O2S/c1-3-9-16(11-17,15(19)20-4-2)10-14-18-12-7-5-6-8-13(12)21-14/h5-8H,3-4,9-11,17H2,1-2H3. The zero-order valence-electron chi connectivity index (χ0n) is 12.6. The molecule has 2 aromatic rings. The molecular weight excluding hydrogens is 284 g/mol. The van der Waals surface area contributed by atoms with Crippen molar-refractivity contribution < 1.29 is 9.53 Å². The van der Waals surface area contributed by atoms with Crippen LogP contribution in [-0.4, -0.2) is 24.1 Å². The number of carbonyl (C=O) groups is 1. The van der Waals surface area contributed by atoms with Crippen LogP contribution in [0.2, 0.25) is 0 Å². The summed E-state index contributed by atoms with van der Waals surface area (Å²) in [5.74, 6) is -0.200. The molecule has 1 heterocycles. The van der Waals surface area contributed by atoms with E-state index in [2.05, 4.69) is 11.9 Å². The van der Waals surface area contributed by atoms with Gasteiger partial charge in [0.15, 0.2) is 0 Å². The first-order valence-corrected chi connectivity index (χ1v) is 8.18. The van der Waals surface area contributed by atoms with Crippen molar-refractivity contribution in [3.8, 4) is 0 Å². The zero-order chi connectivity index (χ0) is 15.3. The number of nitrogens with zero attached hydrogens (tertiary/aromatic N) is 1. The Morgan fingerprint density at radius 2 is 2.14 bits per heavy atom. The molecule has 4 nitrogen and oxygen atoms in total. The largest absolute Gasteiger partial charge is 0.466 e.